The van der Waals surface area contributed by atoms with Gasteiger partial charge in [-0.25, -0.2) is 0 Å². The second-order valence-electron chi connectivity index (χ2n) is 4.88. The van der Waals surface area contributed by atoms with Crippen LogP contribution >= 0.6 is 35.6 Å². The van der Waals surface area contributed by atoms with E-state index in [2.05, 4.69) is 5.32 Å². The molecule has 0 radical (unpaired) electrons. The van der Waals surface area contributed by atoms with E-state index in [0.29, 0.717) is 22.6 Å². The summed E-state index contributed by atoms with van der Waals surface area (Å²) in [4.78, 5) is 0. The van der Waals surface area contributed by atoms with Crippen molar-refractivity contribution in [3.8, 4) is 5.75 Å². The molecule has 5 heteroatoms. The maximum atomic E-state index is 6.27. The van der Waals surface area contributed by atoms with Gasteiger partial charge in [0, 0.05) is 23.2 Å². The van der Waals surface area contributed by atoms with Gasteiger partial charge < -0.3 is 10.1 Å². The van der Waals surface area contributed by atoms with Gasteiger partial charge in [-0.2, -0.15) is 0 Å². The summed E-state index contributed by atoms with van der Waals surface area (Å²) in [7, 11) is 0. The van der Waals surface area contributed by atoms with Crippen LogP contribution in [0.2, 0.25) is 10.0 Å². The fraction of sp³-hybridized carbons (Fsp3) is 0.333. The Morgan fingerprint density at radius 1 is 1.15 bits per heavy atom. The van der Waals surface area contributed by atoms with Gasteiger partial charge in [-0.1, -0.05) is 47.5 Å². The first kappa shape index (κ1) is 15.7. The molecule has 0 amide bonds. The average molecular weight is 333 g/mol. The topological polar surface area (TPSA) is 21.3 Å². The van der Waals surface area contributed by atoms with E-state index in [0.717, 1.165) is 36.0 Å². The minimum atomic E-state index is 0. The first-order chi connectivity index (χ1) is 9.25. The number of fused-ring (bicyclic) bond motifs is 1. The third-order valence-corrected chi connectivity index (χ3v) is 4.12. The Morgan fingerprint density at radius 3 is 2.60 bits per heavy atom. The van der Waals surface area contributed by atoms with Gasteiger partial charge in [0.15, 0.2) is 0 Å². The Morgan fingerprint density at radius 2 is 1.90 bits per heavy atom. The first-order valence-electron chi connectivity index (χ1n) is 6.46. The maximum absolute atomic E-state index is 6.27. The van der Waals surface area contributed by atoms with E-state index >= 15 is 0 Å². The molecule has 1 aliphatic rings. The van der Waals surface area contributed by atoms with E-state index in [1.165, 1.54) is 0 Å². The zero-order chi connectivity index (χ0) is 13.2. The van der Waals surface area contributed by atoms with Crippen LogP contribution in [0.3, 0.4) is 0 Å². The molecule has 0 aliphatic carbocycles. The molecule has 0 bridgehead atoms. The van der Waals surface area contributed by atoms with Crippen molar-refractivity contribution in [1.29, 1.82) is 0 Å². The van der Waals surface area contributed by atoms with Crippen LogP contribution in [0.15, 0.2) is 30.3 Å². The zero-order valence-corrected chi connectivity index (χ0v) is 13.2. The quantitative estimate of drug-likeness (QED) is 0.890. The van der Waals surface area contributed by atoms with Crippen LogP contribution in [-0.4, -0.2) is 19.7 Å². The molecule has 0 aromatic heterocycles. The van der Waals surface area contributed by atoms with Crippen molar-refractivity contribution >= 4 is 46.4 Å². The highest BCUT2D eigenvalue weighted by Crippen LogP contribution is 2.38. The average Bonchev–Trinajstić information content (AvgIpc) is 2.92. The Kier molecular flexibility index (Phi) is 5.39. The van der Waals surface area contributed by atoms with Gasteiger partial charge in [0.2, 0.25) is 0 Å². The van der Waals surface area contributed by atoms with Crippen LogP contribution in [0.25, 0.3) is 10.8 Å². The predicted octanol–water partition coefficient (Wildman–Crippen LogP) is 4.56. The minimum Gasteiger partial charge on any atom is -0.491 e. The fourth-order valence-corrected chi connectivity index (χ4v) is 3.07. The summed E-state index contributed by atoms with van der Waals surface area (Å²) in [6.45, 7) is 2.78. The van der Waals surface area contributed by atoms with Gasteiger partial charge in [0.1, 0.15) is 5.75 Å². The molecule has 1 atom stereocenters. The second kappa shape index (κ2) is 6.86. The number of benzene rings is 2. The van der Waals surface area contributed by atoms with Crippen LogP contribution < -0.4 is 10.1 Å². The lowest BCUT2D eigenvalue weighted by molar-refractivity contribution is 0.263. The van der Waals surface area contributed by atoms with Gasteiger partial charge in [-0.3, -0.25) is 0 Å². The first-order valence-corrected chi connectivity index (χ1v) is 7.21. The van der Waals surface area contributed by atoms with E-state index in [4.69, 9.17) is 27.9 Å². The number of hydrogen-bond donors (Lipinski definition) is 1. The zero-order valence-electron chi connectivity index (χ0n) is 10.9. The summed E-state index contributed by atoms with van der Waals surface area (Å²) in [6, 6.07) is 9.67. The second-order valence-corrected chi connectivity index (χ2v) is 5.70. The minimum absolute atomic E-state index is 0. The van der Waals surface area contributed by atoms with E-state index in [-0.39, 0.29) is 12.4 Å². The molecule has 108 valence electrons. The molecule has 1 aliphatic heterocycles. The lowest BCUT2D eigenvalue weighted by Crippen LogP contribution is -2.15. The molecule has 2 aromatic carbocycles. The molecule has 3 rings (SSSR count). The number of halogens is 3. The van der Waals surface area contributed by atoms with Gasteiger partial charge >= 0.3 is 0 Å². The van der Waals surface area contributed by atoms with E-state index in [1.54, 1.807) is 6.07 Å². The predicted molar refractivity (Wildman–Crippen MR) is 87.7 cm³/mol. The van der Waals surface area contributed by atoms with Crippen molar-refractivity contribution in [3.05, 3.63) is 40.4 Å². The van der Waals surface area contributed by atoms with Crippen molar-refractivity contribution in [2.45, 2.75) is 6.42 Å². The van der Waals surface area contributed by atoms with E-state index < -0.39 is 0 Å². The molecule has 1 saturated heterocycles. The van der Waals surface area contributed by atoms with Crippen molar-refractivity contribution < 1.29 is 4.74 Å². The molecule has 0 spiro atoms. The van der Waals surface area contributed by atoms with E-state index in [9.17, 15) is 0 Å². The molecule has 1 fully saturated rings. The third kappa shape index (κ3) is 3.15. The third-order valence-electron chi connectivity index (χ3n) is 3.53. The Hall–Kier alpha value is -0.670. The van der Waals surface area contributed by atoms with Crippen molar-refractivity contribution in [1.82, 2.24) is 5.32 Å². The molecule has 1 N–H and O–H groups in total. The highest BCUT2D eigenvalue weighted by atomic mass is 35.5. The molecule has 2 nitrogen and oxygen atoms in total. The van der Waals surface area contributed by atoms with Crippen molar-refractivity contribution in [3.63, 3.8) is 0 Å². The smallest absolute Gasteiger partial charge is 0.145 e. The number of rotatable bonds is 3. The summed E-state index contributed by atoms with van der Waals surface area (Å²) in [5.74, 6) is 1.30. The van der Waals surface area contributed by atoms with Crippen LogP contribution in [0.1, 0.15) is 6.42 Å². The number of hydrogen-bond acceptors (Lipinski definition) is 2. The number of nitrogens with one attached hydrogen (secondary N) is 1. The van der Waals surface area contributed by atoms with Crippen LogP contribution in [-0.2, 0) is 0 Å². The van der Waals surface area contributed by atoms with Gasteiger partial charge in [-0.15, -0.1) is 12.4 Å². The lowest BCUT2D eigenvalue weighted by atomic mass is 10.1. The van der Waals surface area contributed by atoms with Crippen molar-refractivity contribution in [2.75, 3.05) is 19.7 Å². The molecular formula is C15H16Cl3NO. The normalized spacial score (nSPS) is 18.0. The summed E-state index contributed by atoms with van der Waals surface area (Å²) < 4.78 is 5.96. The molecular weight excluding hydrogens is 317 g/mol. The molecule has 1 unspecified atom stereocenters. The molecule has 1 heterocycles. The van der Waals surface area contributed by atoms with Gasteiger partial charge in [-0.05, 0) is 19.0 Å². The molecule has 20 heavy (non-hydrogen) atoms. The SMILES string of the molecule is Cl.Clc1cc(Cl)c2ccccc2c1OCC1CCNC1. The monoisotopic (exact) mass is 331 g/mol. The summed E-state index contributed by atoms with van der Waals surface area (Å²) in [5.41, 5.74) is 0. The van der Waals surface area contributed by atoms with Crippen LogP contribution in [0.5, 0.6) is 5.75 Å². The van der Waals surface area contributed by atoms with Crippen molar-refractivity contribution in [2.24, 2.45) is 5.92 Å². The fourth-order valence-electron chi connectivity index (χ4n) is 2.48. The highest BCUT2D eigenvalue weighted by Gasteiger charge is 2.17. The maximum Gasteiger partial charge on any atom is 0.145 e. The Labute approximate surface area is 134 Å². The summed E-state index contributed by atoms with van der Waals surface area (Å²) >= 11 is 12.5. The Balaban J connectivity index is 0.00000147. The van der Waals surface area contributed by atoms with Crippen LogP contribution in [0, 0.1) is 5.92 Å². The Bertz CT molecular complexity index is 597. The largest absolute Gasteiger partial charge is 0.491 e. The highest BCUT2D eigenvalue weighted by molar-refractivity contribution is 6.39. The number of ether oxygens (including phenoxy) is 1. The van der Waals surface area contributed by atoms with Gasteiger partial charge in [0.25, 0.3) is 0 Å². The van der Waals surface area contributed by atoms with Gasteiger partial charge in [0.05, 0.1) is 16.7 Å². The summed E-state index contributed by atoms with van der Waals surface area (Å²) in [5, 5.41) is 6.53. The standard InChI is InChI=1S/C15H15Cl2NO.ClH/c16-13-7-14(17)15(12-4-2-1-3-11(12)13)19-9-10-5-6-18-8-10;/h1-4,7,10,18H,5-6,8-9H2;1H. The van der Waals surface area contributed by atoms with Crippen LogP contribution in [0.4, 0.5) is 0 Å². The lowest BCUT2D eigenvalue weighted by Gasteiger charge is -2.15. The molecule has 0 saturated carbocycles. The summed E-state index contributed by atoms with van der Waals surface area (Å²) in [6.07, 6.45) is 1.16. The molecule has 2 aromatic rings. The van der Waals surface area contributed by atoms with E-state index in [1.807, 2.05) is 24.3 Å².